The molecular weight excluding hydrogens is 428 g/mol. The number of carbonyl (C=O) groups is 1. The third kappa shape index (κ3) is 4.32. The summed E-state index contributed by atoms with van der Waals surface area (Å²) in [5.74, 6) is -0.0730. The monoisotopic (exact) mass is 448 g/mol. The number of benzene rings is 3. The number of carbonyl (C=O) groups excluding carboxylic acids is 1. The minimum absolute atomic E-state index is 0.0730. The molecule has 2 unspecified atom stereocenters. The van der Waals surface area contributed by atoms with Gasteiger partial charge in [0.1, 0.15) is 18.8 Å². The van der Waals surface area contributed by atoms with Crippen LogP contribution in [0.25, 0.3) is 11.1 Å². The van der Waals surface area contributed by atoms with Gasteiger partial charge in [0, 0.05) is 23.0 Å². The van der Waals surface area contributed by atoms with Gasteiger partial charge in [-0.15, -0.1) is 0 Å². The van der Waals surface area contributed by atoms with Crippen LogP contribution in [0.2, 0.25) is 5.02 Å². The van der Waals surface area contributed by atoms with Crippen molar-refractivity contribution in [1.29, 1.82) is 5.26 Å². The molecule has 2 atom stereocenters. The molecule has 1 aliphatic rings. The van der Waals surface area contributed by atoms with Crippen molar-refractivity contribution in [1.82, 2.24) is 5.32 Å². The first-order valence-electron chi connectivity index (χ1n) is 10.1. The van der Waals surface area contributed by atoms with Gasteiger partial charge in [-0.1, -0.05) is 60.1 Å². The lowest BCUT2D eigenvalue weighted by atomic mass is 9.98. The highest BCUT2D eigenvalue weighted by atomic mass is 35.5. The maximum atomic E-state index is 12.3. The van der Waals surface area contributed by atoms with E-state index in [0.717, 1.165) is 22.3 Å². The standard InChI is InChI=1S/C25H21ClN2O4/c26-22-10-9-15(12-27)11-20(22)24(30)23(29)13-28-25(31)32-14-21-18-7-3-1-5-16(18)17-6-2-4-8-19(17)21/h1-11,21,23-24,29-30H,13-14H2,(H,28,31). The van der Waals surface area contributed by atoms with Gasteiger partial charge in [-0.05, 0) is 40.5 Å². The molecule has 4 rings (SSSR count). The van der Waals surface area contributed by atoms with Crippen molar-refractivity contribution in [3.8, 4) is 17.2 Å². The minimum atomic E-state index is -1.37. The lowest BCUT2D eigenvalue weighted by Gasteiger charge is -2.20. The number of aliphatic hydroxyl groups excluding tert-OH is 2. The number of ether oxygens (including phenoxy) is 1. The van der Waals surface area contributed by atoms with Gasteiger partial charge in [0.05, 0.1) is 11.6 Å². The average Bonchev–Trinajstić information content (AvgIpc) is 3.14. The van der Waals surface area contributed by atoms with Crippen LogP contribution in [-0.2, 0) is 4.74 Å². The Kier molecular flexibility index (Phi) is 6.42. The molecule has 32 heavy (non-hydrogen) atoms. The summed E-state index contributed by atoms with van der Waals surface area (Å²) >= 11 is 6.07. The van der Waals surface area contributed by atoms with E-state index in [1.54, 1.807) is 0 Å². The average molecular weight is 449 g/mol. The first-order chi connectivity index (χ1) is 15.5. The zero-order valence-corrected chi connectivity index (χ0v) is 17.8. The second-order valence-corrected chi connectivity index (χ2v) is 7.97. The molecule has 0 bridgehead atoms. The fraction of sp³-hybridized carbons (Fsp3) is 0.200. The Bertz CT molecular complexity index is 1150. The molecular formula is C25H21ClN2O4. The first kappa shape index (κ1) is 21.8. The minimum Gasteiger partial charge on any atom is -0.449 e. The summed E-state index contributed by atoms with van der Waals surface area (Å²) in [5.41, 5.74) is 4.99. The van der Waals surface area contributed by atoms with Crippen molar-refractivity contribution in [3.63, 3.8) is 0 Å². The number of hydrogen-bond acceptors (Lipinski definition) is 5. The van der Waals surface area contributed by atoms with Crippen LogP contribution in [0, 0.1) is 11.3 Å². The van der Waals surface area contributed by atoms with Gasteiger partial charge in [0.25, 0.3) is 0 Å². The van der Waals surface area contributed by atoms with Crippen molar-refractivity contribution in [2.75, 3.05) is 13.2 Å². The maximum absolute atomic E-state index is 12.3. The predicted molar refractivity (Wildman–Crippen MR) is 120 cm³/mol. The number of nitrogens with one attached hydrogen (secondary N) is 1. The van der Waals surface area contributed by atoms with Crippen LogP contribution in [0.1, 0.15) is 34.3 Å². The fourth-order valence-electron chi connectivity index (χ4n) is 4.00. The van der Waals surface area contributed by atoms with E-state index in [2.05, 4.69) is 17.4 Å². The quantitative estimate of drug-likeness (QED) is 0.525. The molecule has 0 aliphatic heterocycles. The summed E-state index contributed by atoms with van der Waals surface area (Å²) in [6, 6.07) is 22.4. The van der Waals surface area contributed by atoms with Gasteiger partial charge in [0.2, 0.25) is 0 Å². The molecule has 3 aromatic rings. The molecule has 7 heteroatoms. The third-order valence-corrected chi connectivity index (χ3v) is 5.95. The molecule has 0 radical (unpaired) electrons. The van der Waals surface area contributed by atoms with Gasteiger partial charge in [-0.2, -0.15) is 5.26 Å². The van der Waals surface area contributed by atoms with Crippen molar-refractivity contribution in [3.05, 3.63) is 94.0 Å². The number of alkyl carbamates (subject to hydrolysis) is 1. The highest BCUT2D eigenvalue weighted by Crippen LogP contribution is 2.44. The van der Waals surface area contributed by atoms with Gasteiger partial charge < -0.3 is 20.3 Å². The van der Waals surface area contributed by atoms with Gasteiger partial charge in [-0.3, -0.25) is 0 Å². The molecule has 6 nitrogen and oxygen atoms in total. The highest BCUT2D eigenvalue weighted by molar-refractivity contribution is 6.31. The van der Waals surface area contributed by atoms with Crippen LogP contribution in [-0.4, -0.2) is 35.6 Å². The van der Waals surface area contributed by atoms with E-state index in [-0.39, 0.29) is 29.7 Å². The highest BCUT2D eigenvalue weighted by Gasteiger charge is 2.29. The van der Waals surface area contributed by atoms with E-state index >= 15 is 0 Å². The van der Waals surface area contributed by atoms with E-state index < -0.39 is 18.3 Å². The Morgan fingerprint density at radius 2 is 1.69 bits per heavy atom. The van der Waals surface area contributed by atoms with E-state index in [0.29, 0.717) is 5.56 Å². The molecule has 3 aromatic carbocycles. The second-order valence-electron chi connectivity index (χ2n) is 7.57. The van der Waals surface area contributed by atoms with Crippen LogP contribution >= 0.6 is 11.6 Å². The molecule has 0 fully saturated rings. The van der Waals surface area contributed by atoms with Crippen molar-refractivity contribution < 1.29 is 19.7 Å². The molecule has 1 aliphatic carbocycles. The number of fused-ring (bicyclic) bond motifs is 3. The topological polar surface area (TPSA) is 103 Å². The van der Waals surface area contributed by atoms with E-state index in [1.807, 2.05) is 42.5 Å². The SMILES string of the molecule is N#Cc1ccc(Cl)c(C(O)C(O)CNC(=O)OCC2c3ccccc3-c3ccccc32)c1. The summed E-state index contributed by atoms with van der Waals surface area (Å²) < 4.78 is 5.42. The number of rotatable bonds is 6. The van der Waals surface area contributed by atoms with Crippen molar-refractivity contribution in [2.24, 2.45) is 0 Å². The first-order valence-corrected chi connectivity index (χ1v) is 10.5. The second kappa shape index (κ2) is 9.41. The number of aliphatic hydroxyl groups is 2. The van der Waals surface area contributed by atoms with Gasteiger partial charge in [-0.25, -0.2) is 4.79 Å². The van der Waals surface area contributed by atoms with Crippen LogP contribution < -0.4 is 5.32 Å². The Labute approximate surface area is 190 Å². The third-order valence-electron chi connectivity index (χ3n) is 5.61. The molecule has 0 saturated heterocycles. The van der Waals surface area contributed by atoms with Crippen molar-refractivity contribution >= 4 is 17.7 Å². The number of amides is 1. The van der Waals surface area contributed by atoms with Crippen molar-refractivity contribution in [2.45, 2.75) is 18.1 Å². The molecule has 162 valence electrons. The number of halogens is 1. The lowest BCUT2D eigenvalue weighted by Crippen LogP contribution is -2.36. The summed E-state index contributed by atoms with van der Waals surface area (Å²) in [6.07, 6.45) is -3.40. The molecule has 0 aromatic heterocycles. The Morgan fingerprint density at radius 3 is 2.31 bits per heavy atom. The summed E-state index contributed by atoms with van der Waals surface area (Å²) in [7, 11) is 0. The number of hydrogen-bond donors (Lipinski definition) is 3. The molecule has 0 spiro atoms. The predicted octanol–water partition coefficient (Wildman–Crippen LogP) is 4.14. The Balaban J connectivity index is 1.36. The Hall–Kier alpha value is -3.37. The normalized spacial score (nSPS) is 14.1. The van der Waals surface area contributed by atoms with E-state index in [1.165, 1.54) is 18.2 Å². The van der Waals surface area contributed by atoms with Crippen LogP contribution in [0.3, 0.4) is 0 Å². The van der Waals surface area contributed by atoms with Crippen LogP contribution in [0.15, 0.2) is 66.7 Å². The van der Waals surface area contributed by atoms with E-state index in [9.17, 15) is 15.0 Å². The van der Waals surface area contributed by atoms with Gasteiger partial charge >= 0.3 is 6.09 Å². The molecule has 0 saturated carbocycles. The zero-order valence-electron chi connectivity index (χ0n) is 17.0. The Morgan fingerprint density at radius 1 is 1.06 bits per heavy atom. The smallest absolute Gasteiger partial charge is 0.407 e. The summed E-state index contributed by atoms with van der Waals surface area (Å²) in [6.45, 7) is -0.0977. The summed E-state index contributed by atoms with van der Waals surface area (Å²) in [4.78, 5) is 12.3. The van der Waals surface area contributed by atoms with Crippen LogP contribution in [0.5, 0.6) is 0 Å². The number of nitriles is 1. The van der Waals surface area contributed by atoms with E-state index in [4.69, 9.17) is 21.6 Å². The van der Waals surface area contributed by atoms with Crippen LogP contribution in [0.4, 0.5) is 4.79 Å². The molecule has 1 amide bonds. The number of nitrogens with zero attached hydrogens (tertiary/aromatic N) is 1. The maximum Gasteiger partial charge on any atom is 0.407 e. The van der Waals surface area contributed by atoms with Gasteiger partial charge in [0.15, 0.2) is 0 Å². The molecule has 0 heterocycles. The largest absolute Gasteiger partial charge is 0.449 e. The summed E-state index contributed by atoms with van der Waals surface area (Å²) in [5, 5.41) is 32.4. The lowest BCUT2D eigenvalue weighted by molar-refractivity contribution is 0.0186. The fourth-order valence-corrected chi connectivity index (χ4v) is 4.23. The molecule has 3 N–H and O–H groups in total. The zero-order chi connectivity index (χ0) is 22.7.